The zero-order valence-corrected chi connectivity index (χ0v) is 9.40. The van der Waals surface area contributed by atoms with E-state index in [0.717, 1.165) is 12.8 Å². The first-order chi connectivity index (χ1) is 7.63. The van der Waals surface area contributed by atoms with E-state index in [-0.39, 0.29) is 23.9 Å². The van der Waals surface area contributed by atoms with Gasteiger partial charge in [-0.2, -0.15) is 0 Å². The predicted molar refractivity (Wildman–Crippen MR) is 59.3 cm³/mol. The van der Waals surface area contributed by atoms with Gasteiger partial charge >= 0.3 is 0 Å². The predicted octanol–water partition coefficient (Wildman–Crippen LogP) is 0.135. The highest BCUT2D eigenvalue weighted by atomic mass is 16.2. The fraction of sp³-hybridized carbons (Fsp3) is 0.667. The maximum absolute atomic E-state index is 12.2. The van der Waals surface area contributed by atoms with E-state index in [4.69, 9.17) is 6.42 Å². The lowest BCUT2D eigenvalue weighted by Crippen LogP contribution is -2.48. The van der Waals surface area contributed by atoms with Crippen LogP contribution in [0.15, 0.2) is 0 Å². The molecular formula is C12H16N2O2. The largest absolute Gasteiger partial charge is 0.344 e. The van der Waals surface area contributed by atoms with Gasteiger partial charge in [-0.1, -0.05) is 5.92 Å². The van der Waals surface area contributed by atoms with E-state index >= 15 is 0 Å². The summed E-state index contributed by atoms with van der Waals surface area (Å²) in [5.74, 6) is 2.82. The zero-order valence-electron chi connectivity index (χ0n) is 9.40. The van der Waals surface area contributed by atoms with Crippen molar-refractivity contribution in [1.29, 1.82) is 0 Å². The molecule has 4 nitrogen and oxygen atoms in total. The molecule has 0 aromatic carbocycles. The molecule has 0 bridgehead atoms. The second-order valence-corrected chi connectivity index (χ2v) is 4.51. The molecule has 0 aromatic heterocycles. The van der Waals surface area contributed by atoms with Crippen molar-refractivity contribution in [2.24, 2.45) is 5.92 Å². The molecule has 0 spiro atoms. The van der Waals surface area contributed by atoms with Crippen LogP contribution in [0, 0.1) is 18.3 Å². The van der Waals surface area contributed by atoms with Crippen molar-refractivity contribution in [1.82, 2.24) is 10.2 Å². The molecule has 86 valence electrons. The van der Waals surface area contributed by atoms with Gasteiger partial charge in [0.1, 0.15) is 6.04 Å². The van der Waals surface area contributed by atoms with Gasteiger partial charge in [-0.3, -0.25) is 9.59 Å². The minimum Gasteiger partial charge on any atom is -0.344 e. The number of rotatable bonds is 2. The number of hydrogen-bond donors (Lipinski definition) is 1. The van der Waals surface area contributed by atoms with Crippen LogP contribution in [0.25, 0.3) is 0 Å². The highest BCUT2D eigenvalue weighted by molar-refractivity contribution is 5.90. The standard InChI is InChI=1S/C12H16N2O2/c1-3-8(2)14-7-6-10(15)13-11(12(14)16)9-4-5-9/h1,8-9,11H,4-7H2,2H3,(H,13,15). The minimum absolute atomic E-state index is 0.0150. The third kappa shape index (κ3) is 2.04. The van der Waals surface area contributed by atoms with E-state index in [0.29, 0.717) is 18.9 Å². The highest BCUT2D eigenvalue weighted by Gasteiger charge is 2.41. The fourth-order valence-corrected chi connectivity index (χ4v) is 2.04. The molecular weight excluding hydrogens is 204 g/mol. The number of hydrogen-bond acceptors (Lipinski definition) is 2. The summed E-state index contributed by atoms with van der Waals surface area (Å²) >= 11 is 0. The summed E-state index contributed by atoms with van der Waals surface area (Å²) < 4.78 is 0. The van der Waals surface area contributed by atoms with Gasteiger partial charge in [0.15, 0.2) is 0 Å². The van der Waals surface area contributed by atoms with Crippen LogP contribution in [-0.4, -0.2) is 35.3 Å². The Hall–Kier alpha value is -1.50. The minimum atomic E-state index is -0.342. The summed E-state index contributed by atoms with van der Waals surface area (Å²) in [6.45, 7) is 2.25. The third-order valence-electron chi connectivity index (χ3n) is 3.25. The summed E-state index contributed by atoms with van der Waals surface area (Å²) in [4.78, 5) is 25.3. The van der Waals surface area contributed by atoms with Gasteiger partial charge < -0.3 is 10.2 Å². The van der Waals surface area contributed by atoms with E-state index in [9.17, 15) is 9.59 Å². The molecule has 1 saturated heterocycles. The third-order valence-corrected chi connectivity index (χ3v) is 3.25. The number of carbonyl (C=O) groups is 2. The molecule has 1 heterocycles. The SMILES string of the molecule is C#CC(C)N1CCC(=O)NC(C2CC2)C1=O. The van der Waals surface area contributed by atoms with Crippen molar-refractivity contribution in [2.75, 3.05) is 6.54 Å². The second kappa shape index (κ2) is 4.17. The fourth-order valence-electron chi connectivity index (χ4n) is 2.04. The summed E-state index contributed by atoms with van der Waals surface area (Å²) in [6, 6.07) is -0.577. The van der Waals surface area contributed by atoms with E-state index in [2.05, 4.69) is 11.2 Å². The molecule has 2 atom stereocenters. The Morgan fingerprint density at radius 1 is 1.50 bits per heavy atom. The lowest BCUT2D eigenvalue weighted by Gasteiger charge is -2.26. The molecule has 16 heavy (non-hydrogen) atoms. The van der Waals surface area contributed by atoms with Crippen LogP contribution in [0.5, 0.6) is 0 Å². The number of amides is 2. The van der Waals surface area contributed by atoms with Gasteiger partial charge in [-0.25, -0.2) is 0 Å². The molecule has 1 aliphatic carbocycles. The van der Waals surface area contributed by atoms with Crippen molar-refractivity contribution in [3.63, 3.8) is 0 Å². The summed E-state index contributed by atoms with van der Waals surface area (Å²) in [5.41, 5.74) is 0. The van der Waals surface area contributed by atoms with Crippen molar-refractivity contribution in [3.8, 4) is 12.3 Å². The first-order valence-corrected chi connectivity index (χ1v) is 5.69. The van der Waals surface area contributed by atoms with Crippen LogP contribution in [0.1, 0.15) is 26.2 Å². The number of nitrogens with one attached hydrogen (secondary N) is 1. The van der Waals surface area contributed by atoms with Gasteiger partial charge in [0.25, 0.3) is 0 Å². The Balaban J connectivity index is 2.17. The van der Waals surface area contributed by atoms with Crippen LogP contribution < -0.4 is 5.32 Å². The summed E-state index contributed by atoms with van der Waals surface area (Å²) in [7, 11) is 0. The number of nitrogens with zero attached hydrogens (tertiary/aromatic N) is 1. The van der Waals surface area contributed by atoms with Crippen molar-refractivity contribution < 1.29 is 9.59 Å². The van der Waals surface area contributed by atoms with Crippen molar-refractivity contribution in [3.05, 3.63) is 0 Å². The Labute approximate surface area is 95.4 Å². The van der Waals surface area contributed by atoms with Crippen molar-refractivity contribution >= 4 is 11.8 Å². The molecule has 2 unspecified atom stereocenters. The van der Waals surface area contributed by atoms with Gasteiger partial charge in [0, 0.05) is 13.0 Å². The summed E-state index contributed by atoms with van der Waals surface area (Å²) in [5, 5.41) is 2.80. The molecule has 2 aliphatic rings. The Kier molecular flexibility index (Phi) is 2.86. The van der Waals surface area contributed by atoms with Crippen LogP contribution in [0.3, 0.4) is 0 Å². The van der Waals surface area contributed by atoms with Crippen LogP contribution >= 0.6 is 0 Å². The molecule has 4 heteroatoms. The number of terminal acetylenes is 1. The van der Waals surface area contributed by atoms with Crippen LogP contribution in [0.4, 0.5) is 0 Å². The maximum Gasteiger partial charge on any atom is 0.246 e. The average Bonchev–Trinajstić information content (AvgIpc) is 3.08. The molecule has 0 aromatic rings. The lowest BCUT2D eigenvalue weighted by molar-refractivity contribution is -0.134. The topological polar surface area (TPSA) is 49.4 Å². The number of carbonyl (C=O) groups excluding carboxylic acids is 2. The Morgan fingerprint density at radius 2 is 2.19 bits per heavy atom. The summed E-state index contributed by atoms with van der Waals surface area (Å²) in [6.07, 6.45) is 7.73. The van der Waals surface area contributed by atoms with Crippen LogP contribution in [0.2, 0.25) is 0 Å². The monoisotopic (exact) mass is 220 g/mol. The van der Waals surface area contributed by atoms with Gasteiger partial charge in [0.2, 0.25) is 11.8 Å². The average molecular weight is 220 g/mol. The quantitative estimate of drug-likeness (QED) is 0.673. The highest BCUT2D eigenvalue weighted by Crippen LogP contribution is 2.34. The Bertz CT molecular complexity index is 355. The first-order valence-electron chi connectivity index (χ1n) is 5.69. The van der Waals surface area contributed by atoms with E-state index in [1.807, 2.05) is 6.92 Å². The van der Waals surface area contributed by atoms with E-state index in [1.54, 1.807) is 4.90 Å². The van der Waals surface area contributed by atoms with Crippen LogP contribution in [-0.2, 0) is 9.59 Å². The normalized spacial score (nSPS) is 28.0. The van der Waals surface area contributed by atoms with E-state index < -0.39 is 0 Å². The van der Waals surface area contributed by atoms with Gasteiger partial charge in [-0.15, -0.1) is 6.42 Å². The lowest BCUT2D eigenvalue weighted by atomic mass is 10.1. The second-order valence-electron chi connectivity index (χ2n) is 4.51. The molecule has 2 rings (SSSR count). The van der Waals surface area contributed by atoms with Crippen molar-refractivity contribution in [2.45, 2.75) is 38.3 Å². The molecule has 2 fully saturated rings. The van der Waals surface area contributed by atoms with Gasteiger partial charge in [-0.05, 0) is 25.7 Å². The molecule has 1 saturated carbocycles. The molecule has 2 amide bonds. The smallest absolute Gasteiger partial charge is 0.246 e. The molecule has 1 aliphatic heterocycles. The Morgan fingerprint density at radius 3 is 2.75 bits per heavy atom. The zero-order chi connectivity index (χ0) is 11.7. The first kappa shape index (κ1) is 11.0. The van der Waals surface area contributed by atoms with Gasteiger partial charge in [0.05, 0.1) is 6.04 Å². The van der Waals surface area contributed by atoms with E-state index in [1.165, 1.54) is 0 Å². The maximum atomic E-state index is 12.2. The molecule has 1 N–H and O–H groups in total. The molecule has 0 radical (unpaired) electrons.